The van der Waals surface area contributed by atoms with Crippen LogP contribution in [0.1, 0.15) is 46.0 Å². The van der Waals surface area contributed by atoms with Crippen LogP contribution in [0.25, 0.3) is 0 Å². The van der Waals surface area contributed by atoms with Gasteiger partial charge in [0.2, 0.25) is 0 Å². The first-order chi connectivity index (χ1) is 8.04. The largest absolute Gasteiger partial charge is 0.468 e. The molecule has 0 radical (unpaired) electrons. The van der Waals surface area contributed by atoms with Gasteiger partial charge in [0.15, 0.2) is 5.92 Å². The first-order valence-corrected chi connectivity index (χ1v) is 6.33. The molecule has 1 fully saturated rings. The van der Waals surface area contributed by atoms with Gasteiger partial charge < -0.3 is 9.47 Å². The quantitative estimate of drug-likeness (QED) is 0.548. The van der Waals surface area contributed by atoms with Gasteiger partial charge in [-0.05, 0) is 26.2 Å². The molecule has 0 bridgehead atoms. The smallest absolute Gasteiger partial charge is 0.320 e. The second-order valence-corrected chi connectivity index (χ2v) is 4.95. The van der Waals surface area contributed by atoms with Crippen molar-refractivity contribution < 1.29 is 19.1 Å². The number of carbonyl (C=O) groups excluding carboxylic acids is 2. The fourth-order valence-electron chi connectivity index (χ4n) is 2.32. The average molecular weight is 242 g/mol. The number of carbonyl (C=O) groups is 2. The molecule has 4 nitrogen and oxygen atoms in total. The molecular weight excluding hydrogens is 220 g/mol. The van der Waals surface area contributed by atoms with E-state index >= 15 is 0 Å². The fourth-order valence-corrected chi connectivity index (χ4v) is 2.32. The van der Waals surface area contributed by atoms with Crippen molar-refractivity contribution in [2.24, 2.45) is 11.8 Å². The van der Waals surface area contributed by atoms with Gasteiger partial charge in [0.1, 0.15) is 0 Å². The maximum absolute atomic E-state index is 11.8. The van der Waals surface area contributed by atoms with E-state index in [1.54, 1.807) is 13.8 Å². The highest BCUT2D eigenvalue weighted by molar-refractivity contribution is 5.94. The SMILES string of the molecule is COC(=O)C(CC1CCCC1)C(=O)OC(C)C. The van der Waals surface area contributed by atoms with Gasteiger partial charge >= 0.3 is 11.9 Å². The first kappa shape index (κ1) is 14.0. The minimum absolute atomic E-state index is 0.196. The third-order valence-corrected chi connectivity index (χ3v) is 3.17. The van der Waals surface area contributed by atoms with E-state index < -0.39 is 17.9 Å². The Hall–Kier alpha value is -1.06. The van der Waals surface area contributed by atoms with Crippen molar-refractivity contribution in [2.45, 2.75) is 52.1 Å². The van der Waals surface area contributed by atoms with E-state index in [-0.39, 0.29) is 6.10 Å². The highest BCUT2D eigenvalue weighted by Gasteiger charge is 2.33. The number of esters is 2. The summed E-state index contributed by atoms with van der Waals surface area (Å²) in [4.78, 5) is 23.4. The lowest BCUT2D eigenvalue weighted by Gasteiger charge is -2.18. The predicted molar refractivity (Wildman–Crippen MR) is 63.3 cm³/mol. The van der Waals surface area contributed by atoms with Crippen LogP contribution >= 0.6 is 0 Å². The molecule has 1 aliphatic carbocycles. The molecule has 17 heavy (non-hydrogen) atoms. The standard InChI is InChI=1S/C13H22O4/c1-9(2)17-13(15)11(12(14)16-3)8-10-6-4-5-7-10/h9-11H,4-8H2,1-3H3. The summed E-state index contributed by atoms with van der Waals surface area (Å²) in [7, 11) is 1.31. The molecule has 1 rings (SSSR count). The molecule has 0 aliphatic heterocycles. The number of hydrogen-bond acceptors (Lipinski definition) is 4. The van der Waals surface area contributed by atoms with E-state index in [1.807, 2.05) is 0 Å². The Labute approximate surface area is 103 Å². The zero-order valence-corrected chi connectivity index (χ0v) is 10.9. The van der Waals surface area contributed by atoms with Crippen LogP contribution in [0.5, 0.6) is 0 Å². The summed E-state index contributed by atoms with van der Waals surface area (Å²) in [5.74, 6) is -1.20. The maximum Gasteiger partial charge on any atom is 0.320 e. The van der Waals surface area contributed by atoms with Gasteiger partial charge in [-0.1, -0.05) is 25.7 Å². The van der Waals surface area contributed by atoms with Crippen molar-refractivity contribution in [2.75, 3.05) is 7.11 Å². The van der Waals surface area contributed by atoms with Crippen LogP contribution in [0.15, 0.2) is 0 Å². The van der Waals surface area contributed by atoms with E-state index in [2.05, 4.69) is 4.74 Å². The summed E-state index contributed by atoms with van der Waals surface area (Å²) < 4.78 is 9.79. The van der Waals surface area contributed by atoms with Gasteiger partial charge in [-0.2, -0.15) is 0 Å². The summed E-state index contributed by atoms with van der Waals surface area (Å²) in [6, 6.07) is 0. The summed E-state index contributed by atoms with van der Waals surface area (Å²) in [5, 5.41) is 0. The van der Waals surface area contributed by atoms with Gasteiger partial charge in [-0.15, -0.1) is 0 Å². The zero-order valence-electron chi connectivity index (χ0n) is 10.9. The van der Waals surface area contributed by atoms with Crippen LogP contribution in [0.4, 0.5) is 0 Å². The lowest BCUT2D eigenvalue weighted by molar-refractivity contribution is -0.163. The van der Waals surface area contributed by atoms with E-state index in [0.717, 1.165) is 12.8 Å². The van der Waals surface area contributed by atoms with E-state index in [9.17, 15) is 9.59 Å². The summed E-state index contributed by atoms with van der Waals surface area (Å²) in [5.41, 5.74) is 0. The molecule has 1 unspecified atom stereocenters. The molecule has 0 aromatic rings. The molecule has 4 heteroatoms. The Bertz CT molecular complexity index is 267. The maximum atomic E-state index is 11.8. The Kier molecular flexibility index (Phi) is 5.45. The molecular formula is C13H22O4. The fraction of sp³-hybridized carbons (Fsp3) is 0.846. The minimum atomic E-state index is -0.745. The summed E-state index contributed by atoms with van der Waals surface area (Å²) in [6.07, 6.45) is 4.96. The predicted octanol–water partition coefficient (Wildman–Crippen LogP) is 2.31. The van der Waals surface area contributed by atoms with Crippen LogP contribution < -0.4 is 0 Å². The number of hydrogen-bond donors (Lipinski definition) is 0. The lowest BCUT2D eigenvalue weighted by Crippen LogP contribution is -2.30. The third kappa shape index (κ3) is 4.36. The molecule has 0 N–H and O–H groups in total. The number of ether oxygens (including phenoxy) is 2. The van der Waals surface area contributed by atoms with Crippen LogP contribution in [0.2, 0.25) is 0 Å². The van der Waals surface area contributed by atoms with Crippen molar-refractivity contribution in [3.05, 3.63) is 0 Å². The Morgan fingerprint density at radius 2 is 1.76 bits per heavy atom. The second-order valence-electron chi connectivity index (χ2n) is 4.95. The van der Waals surface area contributed by atoms with Crippen LogP contribution in [-0.4, -0.2) is 25.2 Å². The Balaban J connectivity index is 2.58. The van der Waals surface area contributed by atoms with E-state index in [1.165, 1.54) is 20.0 Å². The summed E-state index contributed by atoms with van der Waals surface area (Å²) >= 11 is 0. The summed E-state index contributed by atoms with van der Waals surface area (Å²) in [6.45, 7) is 3.56. The van der Waals surface area contributed by atoms with Crippen molar-refractivity contribution >= 4 is 11.9 Å². The highest BCUT2D eigenvalue weighted by atomic mass is 16.6. The van der Waals surface area contributed by atoms with Crippen molar-refractivity contribution in [3.63, 3.8) is 0 Å². The van der Waals surface area contributed by atoms with Gasteiger partial charge in [0.25, 0.3) is 0 Å². The minimum Gasteiger partial charge on any atom is -0.468 e. The zero-order chi connectivity index (χ0) is 12.8. The molecule has 0 aromatic heterocycles. The molecule has 0 spiro atoms. The monoisotopic (exact) mass is 242 g/mol. The molecule has 0 saturated heterocycles. The van der Waals surface area contributed by atoms with E-state index in [0.29, 0.717) is 12.3 Å². The van der Waals surface area contributed by atoms with Crippen molar-refractivity contribution in [1.29, 1.82) is 0 Å². The lowest BCUT2D eigenvalue weighted by atomic mass is 9.93. The molecule has 0 amide bonds. The highest BCUT2D eigenvalue weighted by Crippen LogP contribution is 2.31. The normalized spacial score (nSPS) is 18.1. The van der Waals surface area contributed by atoms with Crippen LogP contribution in [0, 0.1) is 11.8 Å². The number of methoxy groups -OCH3 is 1. The molecule has 1 atom stereocenters. The van der Waals surface area contributed by atoms with Crippen LogP contribution in [0.3, 0.4) is 0 Å². The van der Waals surface area contributed by atoms with Gasteiger partial charge in [-0.25, -0.2) is 0 Å². The third-order valence-electron chi connectivity index (χ3n) is 3.17. The molecule has 98 valence electrons. The van der Waals surface area contributed by atoms with Crippen LogP contribution in [-0.2, 0) is 19.1 Å². The topological polar surface area (TPSA) is 52.6 Å². The van der Waals surface area contributed by atoms with Gasteiger partial charge in [0, 0.05) is 0 Å². The van der Waals surface area contributed by atoms with Gasteiger partial charge in [0.05, 0.1) is 13.2 Å². The average Bonchev–Trinajstić information content (AvgIpc) is 2.76. The van der Waals surface area contributed by atoms with Gasteiger partial charge in [-0.3, -0.25) is 9.59 Å². The van der Waals surface area contributed by atoms with E-state index in [4.69, 9.17) is 4.74 Å². The molecule has 1 aliphatic rings. The second kappa shape index (κ2) is 6.62. The number of rotatable bonds is 5. The molecule has 1 saturated carbocycles. The Morgan fingerprint density at radius 1 is 1.18 bits per heavy atom. The van der Waals surface area contributed by atoms with Crippen molar-refractivity contribution in [1.82, 2.24) is 0 Å². The molecule has 0 aromatic carbocycles. The van der Waals surface area contributed by atoms with Crippen molar-refractivity contribution in [3.8, 4) is 0 Å². The first-order valence-electron chi connectivity index (χ1n) is 6.33. The molecule has 0 heterocycles. The Morgan fingerprint density at radius 3 is 2.24 bits per heavy atom.